The number of ketones is 1. The summed E-state index contributed by atoms with van der Waals surface area (Å²) in [5.41, 5.74) is 0.0781. The van der Waals surface area contributed by atoms with Gasteiger partial charge in [-0.3, -0.25) is 4.79 Å². The summed E-state index contributed by atoms with van der Waals surface area (Å²) in [4.78, 5) is 12.3. The van der Waals surface area contributed by atoms with Gasteiger partial charge in [-0.2, -0.15) is 0 Å². The lowest BCUT2D eigenvalue weighted by molar-refractivity contribution is -0.152. The van der Waals surface area contributed by atoms with Gasteiger partial charge in [0.05, 0.1) is 0 Å². The van der Waals surface area contributed by atoms with Crippen molar-refractivity contribution in [2.75, 3.05) is 0 Å². The van der Waals surface area contributed by atoms with E-state index in [0.717, 1.165) is 6.42 Å². The Morgan fingerprint density at radius 1 is 1.13 bits per heavy atom. The van der Waals surface area contributed by atoms with Gasteiger partial charge in [-0.05, 0) is 31.6 Å². The Balaban J connectivity index is 0.000000531. The lowest BCUT2D eigenvalue weighted by atomic mass is 9.51. The lowest BCUT2D eigenvalue weighted by Crippen LogP contribution is -2.51. The van der Waals surface area contributed by atoms with Crippen LogP contribution in [0.2, 0.25) is 0 Å². The number of rotatable bonds is 0. The molecular formula is C14H26O. The molecule has 1 heteroatoms. The van der Waals surface area contributed by atoms with E-state index >= 15 is 0 Å². The van der Waals surface area contributed by atoms with Crippen LogP contribution in [0.3, 0.4) is 0 Å². The van der Waals surface area contributed by atoms with Gasteiger partial charge in [0.1, 0.15) is 5.78 Å². The van der Waals surface area contributed by atoms with Crippen molar-refractivity contribution in [3.8, 4) is 0 Å². The number of carbonyl (C=O) groups excluding carboxylic acids is 1. The highest BCUT2D eigenvalue weighted by molar-refractivity contribution is 5.91. The fraction of sp³-hybridized carbons (Fsp3) is 0.929. The van der Waals surface area contributed by atoms with Crippen LogP contribution in [0.5, 0.6) is 0 Å². The van der Waals surface area contributed by atoms with Crippen LogP contribution < -0.4 is 0 Å². The van der Waals surface area contributed by atoms with Gasteiger partial charge >= 0.3 is 0 Å². The molecule has 0 aromatic heterocycles. The molecule has 1 atom stereocenters. The standard InChI is InChI=1S/C12H20O.C2H6/c1-9-5-8-12(6-4-7-12)10(13)11(9,2)3;1-2/h9H,4-8H2,1-3H3;1-2H3. The van der Waals surface area contributed by atoms with Crippen LogP contribution in [0.15, 0.2) is 0 Å². The minimum absolute atomic E-state index is 0.0569. The molecule has 88 valence electrons. The van der Waals surface area contributed by atoms with Crippen LogP contribution in [0.25, 0.3) is 0 Å². The van der Waals surface area contributed by atoms with Crippen LogP contribution in [-0.2, 0) is 4.79 Å². The highest BCUT2D eigenvalue weighted by Gasteiger charge is 2.53. The Kier molecular flexibility index (Phi) is 3.63. The van der Waals surface area contributed by atoms with Gasteiger partial charge in [-0.15, -0.1) is 0 Å². The third kappa shape index (κ3) is 1.86. The third-order valence-corrected chi connectivity index (χ3v) is 4.67. The summed E-state index contributed by atoms with van der Waals surface area (Å²) in [6.07, 6.45) is 6.02. The van der Waals surface area contributed by atoms with Gasteiger partial charge in [0.2, 0.25) is 0 Å². The minimum atomic E-state index is -0.0569. The van der Waals surface area contributed by atoms with Gasteiger partial charge in [-0.1, -0.05) is 41.0 Å². The molecule has 2 fully saturated rings. The molecule has 15 heavy (non-hydrogen) atoms. The van der Waals surface area contributed by atoms with Crippen LogP contribution in [0, 0.1) is 16.7 Å². The third-order valence-electron chi connectivity index (χ3n) is 4.67. The van der Waals surface area contributed by atoms with E-state index in [4.69, 9.17) is 0 Å². The van der Waals surface area contributed by atoms with E-state index in [1.165, 1.54) is 25.7 Å². The molecule has 0 aromatic carbocycles. The highest BCUT2D eigenvalue weighted by atomic mass is 16.1. The molecule has 2 saturated carbocycles. The first kappa shape index (κ1) is 12.7. The molecule has 0 N–H and O–H groups in total. The van der Waals surface area contributed by atoms with Crippen molar-refractivity contribution in [1.82, 2.24) is 0 Å². The predicted octanol–water partition coefficient (Wildman–Crippen LogP) is 4.21. The summed E-state index contributed by atoms with van der Waals surface area (Å²) in [5.74, 6) is 1.14. The van der Waals surface area contributed by atoms with E-state index in [9.17, 15) is 4.79 Å². The van der Waals surface area contributed by atoms with E-state index in [0.29, 0.717) is 11.7 Å². The molecule has 1 nitrogen and oxygen atoms in total. The predicted molar refractivity (Wildman–Crippen MR) is 64.8 cm³/mol. The molecule has 0 bridgehead atoms. The van der Waals surface area contributed by atoms with Gasteiger partial charge in [0.15, 0.2) is 0 Å². The van der Waals surface area contributed by atoms with Crippen molar-refractivity contribution in [2.45, 2.75) is 66.7 Å². The number of hydrogen-bond donors (Lipinski definition) is 0. The van der Waals surface area contributed by atoms with Crippen molar-refractivity contribution in [2.24, 2.45) is 16.7 Å². The largest absolute Gasteiger partial charge is 0.298 e. The minimum Gasteiger partial charge on any atom is -0.298 e. The Morgan fingerprint density at radius 2 is 1.67 bits per heavy atom. The molecule has 0 aromatic rings. The van der Waals surface area contributed by atoms with Crippen molar-refractivity contribution < 1.29 is 4.79 Å². The van der Waals surface area contributed by atoms with Gasteiger partial charge in [0.25, 0.3) is 0 Å². The monoisotopic (exact) mass is 210 g/mol. The Hall–Kier alpha value is -0.330. The summed E-state index contributed by atoms with van der Waals surface area (Å²) in [6.45, 7) is 10.5. The smallest absolute Gasteiger partial charge is 0.144 e. The molecule has 2 rings (SSSR count). The SMILES string of the molecule is CC.CC1CCC2(CCC2)C(=O)C1(C)C. The first-order valence-electron chi connectivity index (χ1n) is 6.54. The zero-order valence-electron chi connectivity index (χ0n) is 11.0. The van der Waals surface area contributed by atoms with E-state index in [1.807, 2.05) is 13.8 Å². The average molecular weight is 210 g/mol. The van der Waals surface area contributed by atoms with Gasteiger partial charge in [-0.25, -0.2) is 0 Å². The summed E-state index contributed by atoms with van der Waals surface area (Å²) >= 11 is 0. The molecule has 1 spiro atoms. The van der Waals surface area contributed by atoms with Crippen LogP contribution >= 0.6 is 0 Å². The van der Waals surface area contributed by atoms with E-state index in [1.54, 1.807) is 0 Å². The van der Waals surface area contributed by atoms with Crippen LogP contribution in [0.4, 0.5) is 0 Å². The fourth-order valence-electron chi connectivity index (χ4n) is 2.96. The maximum atomic E-state index is 12.3. The molecule has 0 heterocycles. The van der Waals surface area contributed by atoms with Crippen molar-refractivity contribution in [3.05, 3.63) is 0 Å². The maximum Gasteiger partial charge on any atom is 0.144 e. The normalized spacial score (nSPS) is 31.5. The first-order chi connectivity index (χ1) is 6.99. The zero-order valence-corrected chi connectivity index (χ0v) is 11.0. The molecule has 0 aliphatic heterocycles. The van der Waals surface area contributed by atoms with E-state index in [2.05, 4.69) is 20.8 Å². The Morgan fingerprint density at radius 3 is 2.07 bits per heavy atom. The Bertz CT molecular complexity index is 232. The second-order valence-corrected chi connectivity index (χ2v) is 5.62. The summed E-state index contributed by atoms with van der Waals surface area (Å²) in [6, 6.07) is 0. The summed E-state index contributed by atoms with van der Waals surface area (Å²) < 4.78 is 0. The topological polar surface area (TPSA) is 17.1 Å². The molecule has 0 amide bonds. The Labute approximate surface area is 94.6 Å². The van der Waals surface area contributed by atoms with Crippen molar-refractivity contribution >= 4 is 5.78 Å². The maximum absolute atomic E-state index is 12.3. The number of Topliss-reactive ketones (excluding diaryl/α,β-unsaturated/α-hetero) is 1. The van der Waals surface area contributed by atoms with Crippen LogP contribution in [0.1, 0.15) is 66.7 Å². The lowest BCUT2D eigenvalue weighted by Gasteiger charge is -2.51. The van der Waals surface area contributed by atoms with Gasteiger partial charge < -0.3 is 0 Å². The zero-order chi connectivity index (χ0) is 11.7. The molecule has 0 radical (unpaired) electrons. The van der Waals surface area contributed by atoms with E-state index in [-0.39, 0.29) is 10.8 Å². The summed E-state index contributed by atoms with van der Waals surface area (Å²) in [5, 5.41) is 0. The number of carbonyl (C=O) groups is 1. The van der Waals surface area contributed by atoms with Gasteiger partial charge in [0, 0.05) is 10.8 Å². The fourth-order valence-corrected chi connectivity index (χ4v) is 2.96. The van der Waals surface area contributed by atoms with E-state index < -0.39 is 0 Å². The number of hydrogen-bond acceptors (Lipinski definition) is 1. The molecular weight excluding hydrogens is 184 g/mol. The molecule has 0 saturated heterocycles. The molecule has 1 unspecified atom stereocenters. The average Bonchev–Trinajstić information content (AvgIpc) is 2.16. The second-order valence-electron chi connectivity index (χ2n) is 5.62. The molecule has 2 aliphatic rings. The first-order valence-corrected chi connectivity index (χ1v) is 6.54. The summed E-state index contributed by atoms with van der Waals surface area (Å²) in [7, 11) is 0. The van der Waals surface area contributed by atoms with Crippen molar-refractivity contribution in [1.29, 1.82) is 0 Å². The van der Waals surface area contributed by atoms with Crippen molar-refractivity contribution in [3.63, 3.8) is 0 Å². The quantitative estimate of drug-likeness (QED) is 0.585. The molecule has 2 aliphatic carbocycles. The highest BCUT2D eigenvalue weighted by Crippen LogP contribution is 2.55. The van der Waals surface area contributed by atoms with Crippen LogP contribution in [-0.4, -0.2) is 5.78 Å². The second kappa shape index (κ2) is 4.27.